The molecule has 104 valence electrons. The van der Waals surface area contributed by atoms with Crippen LogP contribution < -0.4 is 10.6 Å². The first kappa shape index (κ1) is 13.2. The molecule has 1 aliphatic rings. The van der Waals surface area contributed by atoms with Gasteiger partial charge in [-0.1, -0.05) is 17.7 Å². The van der Waals surface area contributed by atoms with E-state index < -0.39 is 0 Å². The SMILES string of the molecule is Cc1cc(Nc2ccc(C)c(Cl)c2)nc(NC2CC2)n1. The third kappa shape index (κ3) is 3.20. The summed E-state index contributed by atoms with van der Waals surface area (Å²) in [4.78, 5) is 8.88. The van der Waals surface area contributed by atoms with Crippen molar-refractivity contribution in [3.8, 4) is 0 Å². The van der Waals surface area contributed by atoms with Crippen LogP contribution in [0.5, 0.6) is 0 Å². The van der Waals surface area contributed by atoms with Crippen molar-refractivity contribution in [2.75, 3.05) is 10.6 Å². The number of benzene rings is 1. The van der Waals surface area contributed by atoms with Crippen molar-refractivity contribution in [2.24, 2.45) is 0 Å². The normalized spacial score (nSPS) is 14.2. The quantitative estimate of drug-likeness (QED) is 0.890. The molecule has 1 heterocycles. The smallest absolute Gasteiger partial charge is 0.225 e. The van der Waals surface area contributed by atoms with E-state index in [2.05, 4.69) is 20.6 Å². The summed E-state index contributed by atoms with van der Waals surface area (Å²) in [6, 6.07) is 8.35. The molecule has 1 aromatic carbocycles. The Morgan fingerprint density at radius 3 is 2.65 bits per heavy atom. The number of anilines is 3. The maximum atomic E-state index is 6.13. The van der Waals surface area contributed by atoms with Crippen molar-refractivity contribution < 1.29 is 0 Å². The summed E-state index contributed by atoms with van der Waals surface area (Å²) in [5, 5.41) is 7.33. The molecule has 1 aliphatic carbocycles. The number of hydrogen-bond donors (Lipinski definition) is 2. The fourth-order valence-corrected chi connectivity index (χ4v) is 2.11. The number of hydrogen-bond acceptors (Lipinski definition) is 4. The molecule has 0 bridgehead atoms. The van der Waals surface area contributed by atoms with Crippen LogP contribution in [0, 0.1) is 13.8 Å². The third-order valence-electron chi connectivity index (χ3n) is 3.21. The van der Waals surface area contributed by atoms with E-state index >= 15 is 0 Å². The Morgan fingerprint density at radius 1 is 1.15 bits per heavy atom. The zero-order chi connectivity index (χ0) is 14.1. The van der Waals surface area contributed by atoms with Crippen LogP contribution >= 0.6 is 11.6 Å². The molecule has 1 fully saturated rings. The first-order chi connectivity index (χ1) is 9.60. The fourth-order valence-electron chi connectivity index (χ4n) is 1.93. The molecular formula is C15H17ClN4. The molecule has 2 N–H and O–H groups in total. The van der Waals surface area contributed by atoms with Crippen LogP contribution in [0.4, 0.5) is 17.5 Å². The Labute approximate surface area is 123 Å². The lowest BCUT2D eigenvalue weighted by Gasteiger charge is -2.10. The maximum Gasteiger partial charge on any atom is 0.225 e. The van der Waals surface area contributed by atoms with E-state index in [4.69, 9.17) is 11.6 Å². The number of halogens is 1. The van der Waals surface area contributed by atoms with Gasteiger partial charge in [0.15, 0.2) is 0 Å². The second-order valence-corrected chi connectivity index (χ2v) is 5.63. The number of rotatable bonds is 4. The lowest BCUT2D eigenvalue weighted by atomic mass is 10.2. The maximum absolute atomic E-state index is 6.13. The number of aryl methyl sites for hydroxylation is 2. The Kier molecular flexibility index (Phi) is 3.49. The van der Waals surface area contributed by atoms with Crippen LogP contribution in [0.3, 0.4) is 0 Å². The van der Waals surface area contributed by atoms with Gasteiger partial charge in [0.25, 0.3) is 0 Å². The Hall–Kier alpha value is -1.81. The summed E-state index contributed by atoms with van der Waals surface area (Å²) < 4.78 is 0. The van der Waals surface area contributed by atoms with Crippen molar-refractivity contribution in [3.63, 3.8) is 0 Å². The molecule has 5 heteroatoms. The molecule has 4 nitrogen and oxygen atoms in total. The van der Waals surface area contributed by atoms with Gasteiger partial charge in [0.1, 0.15) is 5.82 Å². The summed E-state index contributed by atoms with van der Waals surface area (Å²) in [5.74, 6) is 1.47. The van der Waals surface area contributed by atoms with Crippen molar-refractivity contribution in [1.29, 1.82) is 0 Å². The fraction of sp³-hybridized carbons (Fsp3) is 0.333. The summed E-state index contributed by atoms with van der Waals surface area (Å²) >= 11 is 6.13. The van der Waals surface area contributed by atoms with Gasteiger partial charge in [-0.2, -0.15) is 4.98 Å². The molecule has 0 saturated heterocycles. The summed E-state index contributed by atoms with van der Waals surface area (Å²) in [6.45, 7) is 3.95. The van der Waals surface area contributed by atoms with Crippen LogP contribution in [0.25, 0.3) is 0 Å². The van der Waals surface area contributed by atoms with E-state index in [9.17, 15) is 0 Å². The van der Waals surface area contributed by atoms with Gasteiger partial charge in [0.2, 0.25) is 5.95 Å². The van der Waals surface area contributed by atoms with E-state index in [0.717, 1.165) is 27.8 Å². The monoisotopic (exact) mass is 288 g/mol. The van der Waals surface area contributed by atoms with Crippen molar-refractivity contribution in [1.82, 2.24) is 9.97 Å². The van der Waals surface area contributed by atoms with Crippen LogP contribution in [0.1, 0.15) is 24.1 Å². The molecule has 0 unspecified atom stereocenters. The van der Waals surface area contributed by atoms with E-state index in [1.54, 1.807) is 0 Å². The minimum atomic E-state index is 0.540. The average Bonchev–Trinajstić information content (AvgIpc) is 3.17. The molecule has 0 amide bonds. The summed E-state index contributed by atoms with van der Waals surface area (Å²) in [6.07, 6.45) is 2.40. The minimum Gasteiger partial charge on any atom is -0.351 e. The zero-order valence-electron chi connectivity index (χ0n) is 11.6. The molecule has 0 spiro atoms. The van der Waals surface area contributed by atoms with Gasteiger partial charge in [0.05, 0.1) is 0 Å². The zero-order valence-corrected chi connectivity index (χ0v) is 12.3. The van der Waals surface area contributed by atoms with Gasteiger partial charge in [-0.05, 0) is 44.4 Å². The van der Waals surface area contributed by atoms with Gasteiger partial charge in [-0.15, -0.1) is 0 Å². The Morgan fingerprint density at radius 2 is 1.95 bits per heavy atom. The van der Waals surface area contributed by atoms with Gasteiger partial charge in [0, 0.05) is 28.5 Å². The lowest BCUT2D eigenvalue weighted by molar-refractivity contribution is 1.03. The first-order valence-corrected chi connectivity index (χ1v) is 7.13. The predicted octanol–water partition coefficient (Wildman–Crippen LogP) is 4.06. The first-order valence-electron chi connectivity index (χ1n) is 6.75. The summed E-state index contributed by atoms with van der Waals surface area (Å²) in [7, 11) is 0. The highest BCUT2D eigenvalue weighted by Gasteiger charge is 2.22. The second-order valence-electron chi connectivity index (χ2n) is 5.23. The number of nitrogens with one attached hydrogen (secondary N) is 2. The third-order valence-corrected chi connectivity index (χ3v) is 3.62. The van der Waals surface area contributed by atoms with Crippen LogP contribution in [0.15, 0.2) is 24.3 Å². The molecule has 3 rings (SSSR count). The molecule has 0 radical (unpaired) electrons. The lowest BCUT2D eigenvalue weighted by Crippen LogP contribution is -2.07. The largest absolute Gasteiger partial charge is 0.351 e. The van der Waals surface area contributed by atoms with E-state index in [0.29, 0.717) is 12.0 Å². The summed E-state index contributed by atoms with van der Waals surface area (Å²) in [5.41, 5.74) is 2.92. The van der Waals surface area contributed by atoms with Crippen molar-refractivity contribution in [3.05, 3.63) is 40.5 Å². The van der Waals surface area contributed by atoms with Gasteiger partial charge in [-0.3, -0.25) is 0 Å². The molecule has 1 saturated carbocycles. The molecular weight excluding hydrogens is 272 g/mol. The molecule has 0 aliphatic heterocycles. The van der Waals surface area contributed by atoms with Crippen LogP contribution in [-0.4, -0.2) is 16.0 Å². The highest BCUT2D eigenvalue weighted by Crippen LogP contribution is 2.25. The van der Waals surface area contributed by atoms with E-state index in [1.165, 1.54) is 12.8 Å². The topological polar surface area (TPSA) is 49.8 Å². The molecule has 1 aromatic heterocycles. The van der Waals surface area contributed by atoms with Crippen LogP contribution in [0.2, 0.25) is 5.02 Å². The number of nitrogens with zero attached hydrogens (tertiary/aromatic N) is 2. The number of aromatic nitrogens is 2. The van der Waals surface area contributed by atoms with E-state index in [1.807, 2.05) is 38.1 Å². The molecule has 0 atom stereocenters. The van der Waals surface area contributed by atoms with Gasteiger partial charge >= 0.3 is 0 Å². The second kappa shape index (κ2) is 5.29. The standard InChI is InChI=1S/C15H17ClN4/c1-9-3-4-12(8-13(9)16)18-14-7-10(2)17-15(20-14)19-11-5-6-11/h3-4,7-8,11H,5-6H2,1-2H3,(H2,17,18,19,20). The highest BCUT2D eigenvalue weighted by atomic mass is 35.5. The predicted molar refractivity (Wildman–Crippen MR) is 82.9 cm³/mol. The molecule has 2 aromatic rings. The van der Waals surface area contributed by atoms with Gasteiger partial charge in [-0.25, -0.2) is 4.98 Å². The highest BCUT2D eigenvalue weighted by molar-refractivity contribution is 6.31. The van der Waals surface area contributed by atoms with Crippen molar-refractivity contribution in [2.45, 2.75) is 32.7 Å². The Balaban J connectivity index is 1.81. The van der Waals surface area contributed by atoms with Crippen LogP contribution in [-0.2, 0) is 0 Å². The van der Waals surface area contributed by atoms with Gasteiger partial charge < -0.3 is 10.6 Å². The van der Waals surface area contributed by atoms with E-state index in [-0.39, 0.29) is 0 Å². The average molecular weight is 289 g/mol. The van der Waals surface area contributed by atoms with Crippen molar-refractivity contribution >= 4 is 29.1 Å². The Bertz CT molecular complexity index is 638. The minimum absolute atomic E-state index is 0.540. The molecule has 20 heavy (non-hydrogen) atoms.